The zero-order valence-electron chi connectivity index (χ0n) is 20.1. The lowest BCUT2D eigenvalue weighted by Gasteiger charge is -2.46. The number of benzene rings is 2. The summed E-state index contributed by atoms with van der Waals surface area (Å²) < 4.78 is 42.8. The lowest BCUT2D eigenvalue weighted by Crippen LogP contribution is -2.60. The molecule has 0 unspecified atom stereocenters. The zero-order chi connectivity index (χ0) is 27.5. The Balaban J connectivity index is 1.85. The van der Waals surface area contributed by atoms with E-state index in [2.05, 4.69) is 0 Å². The molecule has 2 atom stereocenters. The van der Waals surface area contributed by atoms with Gasteiger partial charge in [0.15, 0.2) is 17.2 Å². The van der Waals surface area contributed by atoms with Crippen LogP contribution in [0.15, 0.2) is 58.4 Å². The average Bonchev–Trinajstić information content (AvgIpc) is 3.03. The average molecular weight is 564 g/mol. The summed E-state index contributed by atoms with van der Waals surface area (Å²) in [5.41, 5.74) is -0.0632. The normalized spacial score (nSPS) is 17.8. The minimum absolute atomic E-state index is 0.357. The number of rotatable bonds is 3. The highest BCUT2D eigenvalue weighted by atomic mass is 35.5. The van der Waals surface area contributed by atoms with Crippen molar-refractivity contribution in [3.8, 4) is 5.75 Å². The number of hydrogen-bond donors (Lipinski definition) is 1. The van der Waals surface area contributed by atoms with E-state index >= 15 is 0 Å². The Kier molecular flexibility index (Phi) is 6.47. The number of fused-ring (bicyclic) bond motifs is 3. The highest BCUT2D eigenvalue weighted by Gasteiger charge is 2.48. The van der Waals surface area contributed by atoms with E-state index in [0.29, 0.717) is 26.8 Å². The summed E-state index contributed by atoms with van der Waals surface area (Å²) >= 11 is 8.23. The standard InChI is InChI=1S/C26H21ClF3N3O4S/c1-13(34)17-10-32-22(24(36)23(17)35)25(37)31(14(2)26(28,29)30)12-33(32)21-16-7-3-4-9-19(16)38-11-15-6-5-8-18(27)20(15)21/h3-10,14,21,36H,11-12H2,1-2H3/t14-,21-/m1/s1. The molecule has 0 bridgehead atoms. The Morgan fingerprint density at radius 2 is 1.87 bits per heavy atom. The van der Waals surface area contributed by atoms with E-state index in [1.165, 1.54) is 16.8 Å². The number of carbonyl (C=O) groups excluding carboxylic acids is 2. The summed E-state index contributed by atoms with van der Waals surface area (Å²) in [6.45, 7) is 1.39. The highest BCUT2D eigenvalue weighted by Crippen LogP contribution is 2.45. The number of carbonyl (C=O) groups is 2. The molecule has 0 aliphatic carbocycles. The predicted octanol–water partition coefficient (Wildman–Crippen LogP) is 5.11. The molecule has 38 heavy (non-hydrogen) atoms. The Hall–Kier alpha value is -3.44. The van der Waals surface area contributed by atoms with Gasteiger partial charge in [-0.05, 0) is 37.1 Å². The number of hydrogen-bond acceptors (Lipinski definition) is 6. The SMILES string of the molecule is CC(=O)c1cn2c(c(O)c1=O)C(=O)N([C@H](C)C(F)(F)F)CN2[C@@H]1c2ccccc2SCc2cccc(Cl)c21. The van der Waals surface area contributed by atoms with Crippen LogP contribution < -0.4 is 10.4 Å². The summed E-state index contributed by atoms with van der Waals surface area (Å²) in [6.07, 6.45) is -3.68. The minimum atomic E-state index is -4.79. The first-order valence-electron chi connectivity index (χ1n) is 11.5. The largest absolute Gasteiger partial charge is 0.502 e. The molecular weight excluding hydrogens is 543 g/mol. The molecule has 0 saturated carbocycles. The number of nitrogens with zero attached hydrogens (tertiary/aromatic N) is 3. The fraction of sp³-hybridized carbons (Fsp3) is 0.269. The van der Waals surface area contributed by atoms with Gasteiger partial charge in [-0.2, -0.15) is 13.2 Å². The summed E-state index contributed by atoms with van der Waals surface area (Å²) in [7, 11) is 0. The fourth-order valence-electron chi connectivity index (χ4n) is 4.82. The minimum Gasteiger partial charge on any atom is -0.502 e. The van der Waals surface area contributed by atoms with Gasteiger partial charge in [0, 0.05) is 27.4 Å². The molecule has 5 rings (SSSR count). The van der Waals surface area contributed by atoms with E-state index in [-0.39, 0.29) is 0 Å². The van der Waals surface area contributed by atoms with Crippen molar-refractivity contribution in [2.45, 2.75) is 42.8 Å². The molecule has 0 fully saturated rings. The molecule has 12 heteroatoms. The van der Waals surface area contributed by atoms with Crippen LogP contribution in [0.4, 0.5) is 13.2 Å². The Bertz CT molecular complexity index is 1540. The van der Waals surface area contributed by atoms with Crippen LogP contribution in [0.25, 0.3) is 0 Å². The number of Topliss-reactive ketones (excluding diaryl/α,β-unsaturated/α-hetero) is 1. The van der Waals surface area contributed by atoms with Gasteiger partial charge in [-0.25, -0.2) is 0 Å². The van der Waals surface area contributed by atoms with Crippen molar-refractivity contribution in [1.82, 2.24) is 9.58 Å². The lowest BCUT2D eigenvalue weighted by molar-refractivity contribution is -0.173. The summed E-state index contributed by atoms with van der Waals surface area (Å²) in [5.74, 6) is -2.43. The van der Waals surface area contributed by atoms with E-state index in [1.807, 2.05) is 24.3 Å². The molecule has 7 nitrogen and oxygen atoms in total. The van der Waals surface area contributed by atoms with Gasteiger partial charge in [0.1, 0.15) is 18.8 Å². The van der Waals surface area contributed by atoms with E-state index in [0.717, 1.165) is 35.2 Å². The van der Waals surface area contributed by atoms with Crippen molar-refractivity contribution in [3.63, 3.8) is 0 Å². The number of halogens is 4. The molecule has 1 N–H and O–H groups in total. The molecule has 2 aliphatic heterocycles. The van der Waals surface area contributed by atoms with Gasteiger partial charge in [-0.15, -0.1) is 11.8 Å². The third-order valence-corrected chi connectivity index (χ3v) is 8.30. The molecule has 1 aromatic heterocycles. The second kappa shape index (κ2) is 9.39. The fourth-order valence-corrected chi connectivity index (χ4v) is 6.20. The van der Waals surface area contributed by atoms with Gasteiger partial charge in [-0.1, -0.05) is 41.9 Å². The van der Waals surface area contributed by atoms with Crippen molar-refractivity contribution in [2.24, 2.45) is 0 Å². The monoisotopic (exact) mass is 563 g/mol. The van der Waals surface area contributed by atoms with Crippen LogP contribution in [-0.2, 0) is 5.75 Å². The van der Waals surface area contributed by atoms with Gasteiger partial charge in [-0.3, -0.25) is 24.1 Å². The van der Waals surface area contributed by atoms with Crippen LogP contribution in [0.5, 0.6) is 5.75 Å². The maximum Gasteiger partial charge on any atom is 0.408 e. The van der Waals surface area contributed by atoms with Gasteiger partial charge < -0.3 is 10.0 Å². The number of aromatic nitrogens is 1. The van der Waals surface area contributed by atoms with Gasteiger partial charge in [0.05, 0.1) is 5.56 Å². The number of alkyl halides is 3. The number of aromatic hydroxyl groups is 1. The Labute approximate surface area is 224 Å². The van der Waals surface area contributed by atoms with E-state index < -0.39 is 59.1 Å². The Morgan fingerprint density at radius 3 is 2.55 bits per heavy atom. The molecule has 198 valence electrons. The second-order valence-electron chi connectivity index (χ2n) is 9.08. The quantitative estimate of drug-likeness (QED) is 0.446. The summed E-state index contributed by atoms with van der Waals surface area (Å²) in [5, 5.41) is 12.6. The maximum atomic E-state index is 13.9. The first-order valence-corrected chi connectivity index (χ1v) is 12.9. The number of pyridine rings is 1. The third kappa shape index (κ3) is 4.14. The molecule has 3 aromatic rings. The van der Waals surface area contributed by atoms with Crippen LogP contribution >= 0.6 is 23.4 Å². The molecule has 2 aliphatic rings. The number of amides is 1. The van der Waals surface area contributed by atoms with Gasteiger partial charge in [0.2, 0.25) is 5.43 Å². The summed E-state index contributed by atoms with van der Waals surface area (Å²) in [4.78, 5) is 39.8. The second-order valence-corrected chi connectivity index (χ2v) is 10.5. The van der Waals surface area contributed by atoms with Crippen LogP contribution in [0.2, 0.25) is 5.02 Å². The molecule has 0 radical (unpaired) electrons. The van der Waals surface area contributed by atoms with Crippen molar-refractivity contribution < 1.29 is 27.9 Å². The first kappa shape index (κ1) is 26.2. The molecule has 0 saturated heterocycles. The van der Waals surface area contributed by atoms with Crippen LogP contribution in [0.3, 0.4) is 0 Å². The van der Waals surface area contributed by atoms with Gasteiger partial charge in [0.25, 0.3) is 5.91 Å². The van der Waals surface area contributed by atoms with E-state index in [1.54, 1.807) is 18.2 Å². The van der Waals surface area contributed by atoms with Crippen LogP contribution in [0, 0.1) is 0 Å². The van der Waals surface area contributed by atoms with Crippen molar-refractivity contribution >= 4 is 35.1 Å². The van der Waals surface area contributed by atoms with Crippen molar-refractivity contribution in [1.29, 1.82) is 0 Å². The smallest absolute Gasteiger partial charge is 0.408 e. The summed E-state index contributed by atoms with van der Waals surface area (Å²) in [6, 6.07) is 9.54. The van der Waals surface area contributed by atoms with Crippen molar-refractivity contribution in [3.05, 3.63) is 91.9 Å². The third-order valence-electron chi connectivity index (χ3n) is 6.83. The highest BCUT2D eigenvalue weighted by molar-refractivity contribution is 7.98. The topological polar surface area (TPSA) is 82.8 Å². The molecule has 2 aromatic carbocycles. The molecule has 1 amide bonds. The van der Waals surface area contributed by atoms with Crippen LogP contribution in [-0.4, -0.2) is 45.3 Å². The predicted molar refractivity (Wildman–Crippen MR) is 136 cm³/mol. The van der Waals surface area contributed by atoms with E-state index in [4.69, 9.17) is 11.6 Å². The number of ketones is 1. The Morgan fingerprint density at radius 1 is 1.16 bits per heavy atom. The molecule has 0 spiro atoms. The van der Waals surface area contributed by atoms with Gasteiger partial charge >= 0.3 is 6.18 Å². The molecular formula is C26H21ClF3N3O4S. The zero-order valence-corrected chi connectivity index (χ0v) is 21.7. The first-order chi connectivity index (χ1) is 17.9. The number of thioether (sulfide) groups is 1. The van der Waals surface area contributed by atoms with Crippen molar-refractivity contribution in [2.75, 3.05) is 11.7 Å². The maximum absolute atomic E-state index is 13.9. The lowest BCUT2D eigenvalue weighted by atomic mass is 9.94. The van der Waals surface area contributed by atoms with Crippen LogP contribution in [0.1, 0.15) is 57.4 Å². The molecule has 3 heterocycles. The van der Waals surface area contributed by atoms with E-state index in [9.17, 15) is 32.7 Å².